The maximum absolute atomic E-state index is 12.3. The first-order valence-corrected chi connectivity index (χ1v) is 9.11. The molecule has 0 saturated carbocycles. The fourth-order valence-electron chi connectivity index (χ4n) is 2.96. The number of carbonyl (C=O) groups excluding carboxylic acids is 2. The molecule has 0 aliphatic carbocycles. The third-order valence-electron chi connectivity index (χ3n) is 4.59. The van der Waals surface area contributed by atoms with E-state index in [0.29, 0.717) is 12.1 Å². The molecule has 7 nitrogen and oxygen atoms in total. The Kier molecular flexibility index (Phi) is 6.62. The summed E-state index contributed by atoms with van der Waals surface area (Å²) in [6, 6.07) is 9.00. The minimum atomic E-state index is -0.640. The van der Waals surface area contributed by atoms with Gasteiger partial charge in [-0.15, -0.1) is 0 Å². The van der Waals surface area contributed by atoms with Gasteiger partial charge in [-0.3, -0.25) is 14.5 Å². The van der Waals surface area contributed by atoms with Crippen LogP contribution in [0, 0.1) is 0 Å². The van der Waals surface area contributed by atoms with Crippen LogP contribution in [0.1, 0.15) is 28.4 Å². The quantitative estimate of drug-likeness (QED) is 0.771. The highest BCUT2D eigenvalue weighted by Gasteiger charge is 2.18. The molecule has 2 aromatic rings. The number of furan rings is 1. The Labute approximate surface area is 158 Å². The summed E-state index contributed by atoms with van der Waals surface area (Å²) in [4.78, 5) is 26.7. The monoisotopic (exact) mass is 371 g/mol. The van der Waals surface area contributed by atoms with Crippen LogP contribution in [-0.4, -0.2) is 49.1 Å². The minimum Gasteiger partial charge on any atom is -0.472 e. The Morgan fingerprint density at radius 1 is 1.15 bits per heavy atom. The molecule has 144 valence electrons. The predicted molar refractivity (Wildman–Crippen MR) is 100 cm³/mol. The summed E-state index contributed by atoms with van der Waals surface area (Å²) < 4.78 is 10.3. The van der Waals surface area contributed by atoms with E-state index in [4.69, 9.17) is 9.15 Å². The van der Waals surface area contributed by atoms with Crippen LogP contribution in [0.5, 0.6) is 0 Å². The number of morpholine rings is 1. The van der Waals surface area contributed by atoms with Crippen molar-refractivity contribution >= 4 is 11.8 Å². The number of benzene rings is 1. The molecule has 1 atom stereocenters. The number of carbonyl (C=O) groups is 2. The summed E-state index contributed by atoms with van der Waals surface area (Å²) >= 11 is 0. The van der Waals surface area contributed by atoms with Gasteiger partial charge in [-0.2, -0.15) is 0 Å². The van der Waals surface area contributed by atoms with Crippen LogP contribution < -0.4 is 10.6 Å². The van der Waals surface area contributed by atoms with E-state index in [1.165, 1.54) is 18.1 Å². The lowest BCUT2D eigenvalue weighted by Gasteiger charge is -2.27. The zero-order chi connectivity index (χ0) is 19.1. The molecular formula is C20H25N3O4. The summed E-state index contributed by atoms with van der Waals surface area (Å²) in [6.45, 7) is 6.26. The van der Waals surface area contributed by atoms with Gasteiger partial charge in [0.2, 0.25) is 5.91 Å². The predicted octanol–water partition coefficient (Wildman–Crippen LogP) is 1.55. The standard InChI is InChI=1S/C20H25N3O4/c1-15(22-20(25)18-6-9-27-14-18)19(24)21-12-16-4-2-3-5-17(16)13-23-7-10-26-11-8-23/h2-6,9,14-15H,7-8,10-13H2,1H3,(H,21,24)(H,22,25)/t15-/m1/s1. The number of nitrogens with one attached hydrogen (secondary N) is 2. The maximum atomic E-state index is 12.3. The SMILES string of the molecule is C[C@@H](NC(=O)c1ccoc1)C(=O)NCc1ccccc1CN1CCOCC1. The topological polar surface area (TPSA) is 83.8 Å². The van der Waals surface area contributed by atoms with E-state index < -0.39 is 6.04 Å². The zero-order valence-corrected chi connectivity index (χ0v) is 15.4. The van der Waals surface area contributed by atoms with Gasteiger partial charge in [-0.25, -0.2) is 0 Å². The average Bonchev–Trinajstić information content (AvgIpc) is 3.23. The maximum Gasteiger partial charge on any atom is 0.255 e. The lowest BCUT2D eigenvalue weighted by Crippen LogP contribution is -2.44. The van der Waals surface area contributed by atoms with E-state index in [1.54, 1.807) is 13.0 Å². The molecule has 1 aromatic heterocycles. The van der Waals surface area contributed by atoms with Crippen LogP contribution in [0.3, 0.4) is 0 Å². The van der Waals surface area contributed by atoms with Crippen molar-refractivity contribution in [3.8, 4) is 0 Å². The summed E-state index contributed by atoms with van der Waals surface area (Å²) in [6.07, 6.45) is 2.77. The fourth-order valence-corrected chi connectivity index (χ4v) is 2.96. The molecule has 0 bridgehead atoms. The van der Waals surface area contributed by atoms with Gasteiger partial charge in [0.1, 0.15) is 12.3 Å². The van der Waals surface area contributed by atoms with Crippen molar-refractivity contribution in [3.63, 3.8) is 0 Å². The summed E-state index contributed by atoms with van der Waals surface area (Å²) in [5.74, 6) is -0.563. The van der Waals surface area contributed by atoms with Crippen molar-refractivity contribution in [1.29, 1.82) is 0 Å². The minimum absolute atomic E-state index is 0.229. The lowest BCUT2D eigenvalue weighted by molar-refractivity contribution is -0.122. The van der Waals surface area contributed by atoms with Crippen molar-refractivity contribution in [2.75, 3.05) is 26.3 Å². The van der Waals surface area contributed by atoms with Crippen LogP contribution in [-0.2, 0) is 22.6 Å². The number of hydrogen-bond acceptors (Lipinski definition) is 5. The van der Waals surface area contributed by atoms with Gasteiger partial charge < -0.3 is 19.8 Å². The van der Waals surface area contributed by atoms with E-state index in [0.717, 1.165) is 38.4 Å². The molecule has 0 spiro atoms. The molecule has 2 heterocycles. The molecule has 1 fully saturated rings. The second-order valence-electron chi connectivity index (χ2n) is 6.58. The fraction of sp³-hybridized carbons (Fsp3) is 0.400. The average molecular weight is 371 g/mol. The van der Waals surface area contributed by atoms with E-state index >= 15 is 0 Å². The molecule has 1 saturated heterocycles. The number of ether oxygens (including phenoxy) is 1. The molecule has 2 amide bonds. The van der Waals surface area contributed by atoms with Gasteiger partial charge in [0.05, 0.1) is 25.0 Å². The highest BCUT2D eigenvalue weighted by molar-refractivity contribution is 5.97. The van der Waals surface area contributed by atoms with Crippen molar-refractivity contribution in [2.45, 2.75) is 26.1 Å². The van der Waals surface area contributed by atoms with Crippen LogP contribution in [0.15, 0.2) is 47.3 Å². The molecule has 1 aromatic carbocycles. The first-order chi connectivity index (χ1) is 13.1. The van der Waals surface area contributed by atoms with Crippen molar-refractivity contribution in [1.82, 2.24) is 15.5 Å². The largest absolute Gasteiger partial charge is 0.472 e. The number of rotatable bonds is 7. The smallest absolute Gasteiger partial charge is 0.255 e. The van der Waals surface area contributed by atoms with Crippen LogP contribution in [0.25, 0.3) is 0 Å². The molecular weight excluding hydrogens is 346 g/mol. The lowest BCUT2D eigenvalue weighted by atomic mass is 10.1. The first-order valence-electron chi connectivity index (χ1n) is 9.11. The number of amides is 2. The summed E-state index contributed by atoms with van der Waals surface area (Å²) in [5, 5.41) is 5.57. The van der Waals surface area contributed by atoms with Gasteiger partial charge in [0.15, 0.2) is 0 Å². The van der Waals surface area contributed by atoms with E-state index in [9.17, 15) is 9.59 Å². The highest BCUT2D eigenvalue weighted by atomic mass is 16.5. The number of hydrogen-bond donors (Lipinski definition) is 2. The zero-order valence-electron chi connectivity index (χ0n) is 15.4. The van der Waals surface area contributed by atoms with Crippen LogP contribution in [0.4, 0.5) is 0 Å². The Morgan fingerprint density at radius 2 is 1.89 bits per heavy atom. The van der Waals surface area contributed by atoms with Crippen molar-refractivity contribution in [3.05, 3.63) is 59.5 Å². The summed E-state index contributed by atoms with van der Waals surface area (Å²) in [7, 11) is 0. The Morgan fingerprint density at radius 3 is 2.59 bits per heavy atom. The molecule has 0 radical (unpaired) electrons. The Hall–Kier alpha value is -2.64. The van der Waals surface area contributed by atoms with Crippen molar-refractivity contribution < 1.29 is 18.7 Å². The van der Waals surface area contributed by atoms with E-state index in [-0.39, 0.29) is 11.8 Å². The van der Waals surface area contributed by atoms with Gasteiger partial charge in [0, 0.05) is 26.2 Å². The molecule has 7 heteroatoms. The third kappa shape index (κ3) is 5.42. The molecule has 1 aliphatic rings. The van der Waals surface area contributed by atoms with Crippen molar-refractivity contribution in [2.24, 2.45) is 0 Å². The van der Waals surface area contributed by atoms with Crippen LogP contribution in [0.2, 0.25) is 0 Å². The van der Waals surface area contributed by atoms with Gasteiger partial charge in [0.25, 0.3) is 5.91 Å². The molecule has 0 unspecified atom stereocenters. The first kappa shape index (κ1) is 19.1. The normalized spacial score (nSPS) is 15.9. The van der Waals surface area contributed by atoms with Gasteiger partial charge in [-0.05, 0) is 24.1 Å². The number of nitrogens with zero attached hydrogens (tertiary/aromatic N) is 1. The highest BCUT2D eigenvalue weighted by Crippen LogP contribution is 2.13. The third-order valence-corrected chi connectivity index (χ3v) is 4.59. The molecule has 27 heavy (non-hydrogen) atoms. The van der Waals surface area contributed by atoms with Gasteiger partial charge in [-0.1, -0.05) is 24.3 Å². The van der Waals surface area contributed by atoms with Gasteiger partial charge >= 0.3 is 0 Å². The molecule has 2 N–H and O–H groups in total. The molecule has 1 aliphatic heterocycles. The Bertz CT molecular complexity index is 754. The summed E-state index contributed by atoms with van der Waals surface area (Å²) in [5.41, 5.74) is 2.66. The van der Waals surface area contributed by atoms with E-state index in [2.05, 4.69) is 21.6 Å². The second kappa shape index (κ2) is 9.34. The van der Waals surface area contributed by atoms with Crippen LogP contribution >= 0.6 is 0 Å². The second-order valence-corrected chi connectivity index (χ2v) is 6.58. The Balaban J connectivity index is 1.53. The molecule has 3 rings (SSSR count). The van der Waals surface area contributed by atoms with E-state index in [1.807, 2.05) is 18.2 Å².